The quantitative estimate of drug-likeness (QED) is 0.780. The molecule has 3 rings (SSSR count). The van der Waals surface area contributed by atoms with E-state index in [0.717, 1.165) is 23.3 Å². The minimum Gasteiger partial charge on any atom is -0.484 e. The number of carbonyl (C=O) groups excluding carboxylic acids is 1. The van der Waals surface area contributed by atoms with Gasteiger partial charge in [-0.15, -0.1) is 17.0 Å². The maximum Gasteiger partial charge on any atom is 0.416 e. The van der Waals surface area contributed by atoms with Gasteiger partial charge in [0.2, 0.25) is 0 Å². The van der Waals surface area contributed by atoms with Gasteiger partial charge < -0.3 is 4.74 Å². The maximum absolute atomic E-state index is 12.6. The fourth-order valence-electron chi connectivity index (χ4n) is 2.47. The zero-order valence-electron chi connectivity index (χ0n) is 13.3. The van der Waals surface area contributed by atoms with E-state index >= 15 is 0 Å². The summed E-state index contributed by atoms with van der Waals surface area (Å²) in [7, 11) is 0. The molecule has 2 N–H and O–H groups in total. The minimum absolute atomic E-state index is 0. The number of hydrazine groups is 1. The molecule has 5 nitrogen and oxygen atoms in total. The van der Waals surface area contributed by atoms with E-state index in [1.807, 2.05) is 12.1 Å². The van der Waals surface area contributed by atoms with E-state index in [1.165, 1.54) is 17.1 Å². The second-order valence-electron chi connectivity index (χ2n) is 5.44. The lowest BCUT2D eigenvalue weighted by molar-refractivity contribution is -0.137. The van der Waals surface area contributed by atoms with Crippen molar-refractivity contribution in [2.75, 3.05) is 6.61 Å². The van der Waals surface area contributed by atoms with Gasteiger partial charge in [0.05, 0.1) is 12.1 Å². The molecule has 0 unspecified atom stereocenters. The molecule has 0 aromatic heterocycles. The van der Waals surface area contributed by atoms with Gasteiger partial charge in [-0.2, -0.15) is 13.2 Å². The molecule has 0 aliphatic carbocycles. The number of halogens is 4. The highest BCUT2D eigenvalue weighted by Crippen LogP contribution is 2.31. The molecule has 0 saturated carbocycles. The number of benzene rings is 2. The van der Waals surface area contributed by atoms with Crippen LogP contribution in [-0.4, -0.2) is 23.4 Å². The Morgan fingerprint density at radius 2 is 1.92 bits per heavy atom. The van der Waals surface area contributed by atoms with Crippen molar-refractivity contribution in [2.45, 2.75) is 12.7 Å². The summed E-state index contributed by atoms with van der Waals surface area (Å²) in [5.74, 6) is -0.456. The number of fused-ring (bicyclic) bond motifs is 1. The molecule has 0 saturated heterocycles. The van der Waals surface area contributed by atoms with Gasteiger partial charge in [-0.05, 0) is 23.8 Å². The van der Waals surface area contributed by atoms with E-state index in [2.05, 4.69) is 5.43 Å². The van der Waals surface area contributed by atoms with Crippen LogP contribution in [0.3, 0.4) is 0 Å². The van der Waals surface area contributed by atoms with Crippen molar-refractivity contribution in [2.24, 2.45) is 0 Å². The molecule has 0 spiro atoms. The van der Waals surface area contributed by atoms with Gasteiger partial charge in [0.1, 0.15) is 11.6 Å². The van der Waals surface area contributed by atoms with Gasteiger partial charge in [-0.25, -0.2) is 0 Å². The average Bonchev–Trinajstić information content (AvgIpc) is 2.89. The first-order valence-electron chi connectivity index (χ1n) is 7.38. The zero-order valence-corrected chi connectivity index (χ0v) is 15.1. The molecule has 138 valence electrons. The smallest absolute Gasteiger partial charge is 0.416 e. The van der Waals surface area contributed by atoms with Crippen LogP contribution in [0.5, 0.6) is 5.75 Å². The number of ether oxygens (including phenoxy) is 1. The summed E-state index contributed by atoms with van der Waals surface area (Å²) < 4.78 is 43.1. The Hall–Kier alpha value is -2.55. The fraction of sp³-hybridized carbons (Fsp3) is 0.176. The average molecular weight is 430 g/mol. The molecule has 1 amide bonds. The van der Waals surface area contributed by atoms with Crippen molar-refractivity contribution in [3.8, 4) is 5.75 Å². The Bertz CT molecular complexity index is 827. The second kappa shape index (κ2) is 7.77. The molecule has 9 heteroatoms. The van der Waals surface area contributed by atoms with Crippen molar-refractivity contribution in [1.29, 1.82) is 5.41 Å². The third-order valence-corrected chi connectivity index (χ3v) is 3.66. The molecular formula is C17H15BrF3N3O2. The lowest BCUT2D eigenvalue weighted by atomic mass is 10.1. The summed E-state index contributed by atoms with van der Waals surface area (Å²) in [4.78, 5) is 12.0. The minimum atomic E-state index is -4.47. The standard InChI is InChI=1S/C17H14F3N3O2.BrH/c18-17(19,20)12-5-3-6-13(8-12)25-10-15(24)22-23-9-11-4-1-2-7-14(11)16(23)21;/h1-8,21H,9-10H2,(H,22,24);1H. The molecule has 0 fully saturated rings. The van der Waals surface area contributed by atoms with Crippen molar-refractivity contribution in [3.05, 3.63) is 65.2 Å². The molecule has 2 aromatic carbocycles. The summed E-state index contributed by atoms with van der Waals surface area (Å²) in [6, 6.07) is 11.6. The predicted octanol–water partition coefficient (Wildman–Crippen LogP) is 3.53. The summed E-state index contributed by atoms with van der Waals surface area (Å²) in [5, 5.41) is 9.38. The van der Waals surface area contributed by atoms with E-state index in [9.17, 15) is 18.0 Å². The molecule has 1 aliphatic rings. The Labute approximate surface area is 158 Å². The third kappa shape index (κ3) is 4.34. The van der Waals surface area contributed by atoms with Crippen molar-refractivity contribution < 1.29 is 22.7 Å². The first-order chi connectivity index (χ1) is 11.8. The Morgan fingerprint density at radius 3 is 2.62 bits per heavy atom. The van der Waals surface area contributed by atoms with Crippen LogP contribution in [0.25, 0.3) is 0 Å². The number of nitrogens with one attached hydrogen (secondary N) is 2. The third-order valence-electron chi connectivity index (χ3n) is 3.66. The molecule has 2 aromatic rings. The SMILES string of the molecule is Br.N=C1c2ccccc2CN1NC(=O)COc1cccc(C(F)(F)F)c1. The number of alkyl halides is 3. The second-order valence-corrected chi connectivity index (χ2v) is 5.44. The number of amides is 1. The summed E-state index contributed by atoms with van der Waals surface area (Å²) >= 11 is 0. The van der Waals surface area contributed by atoms with Crippen LogP contribution >= 0.6 is 17.0 Å². The number of hydrogen-bond donors (Lipinski definition) is 2. The molecule has 1 aliphatic heterocycles. The van der Waals surface area contributed by atoms with Gasteiger partial charge in [0, 0.05) is 5.56 Å². The topological polar surface area (TPSA) is 65.4 Å². The normalized spacial score (nSPS) is 13.0. The molecule has 26 heavy (non-hydrogen) atoms. The van der Waals surface area contributed by atoms with Gasteiger partial charge in [0.15, 0.2) is 6.61 Å². The molecule has 0 bridgehead atoms. The van der Waals surface area contributed by atoms with Crippen molar-refractivity contribution >= 4 is 28.7 Å². The Balaban J connectivity index is 0.00000243. The van der Waals surface area contributed by atoms with Crippen LogP contribution in [-0.2, 0) is 17.5 Å². The van der Waals surface area contributed by atoms with Gasteiger partial charge in [-0.3, -0.25) is 20.6 Å². The summed E-state index contributed by atoms with van der Waals surface area (Å²) in [6.07, 6.45) is -4.47. The number of carbonyl (C=O) groups is 1. The van der Waals surface area contributed by atoms with Crippen molar-refractivity contribution in [1.82, 2.24) is 10.4 Å². The number of rotatable bonds is 4. The monoisotopic (exact) mass is 429 g/mol. The van der Waals surface area contributed by atoms with Gasteiger partial charge in [0.25, 0.3) is 5.91 Å². The van der Waals surface area contributed by atoms with Gasteiger partial charge in [-0.1, -0.05) is 30.3 Å². The van der Waals surface area contributed by atoms with E-state index in [1.54, 1.807) is 12.1 Å². The lowest BCUT2D eigenvalue weighted by Gasteiger charge is -2.19. The first kappa shape index (κ1) is 19.8. The molecular weight excluding hydrogens is 415 g/mol. The summed E-state index contributed by atoms with van der Waals surface area (Å²) in [6.45, 7) is -0.105. The van der Waals surface area contributed by atoms with Crippen LogP contribution < -0.4 is 10.2 Å². The van der Waals surface area contributed by atoms with E-state index in [4.69, 9.17) is 10.1 Å². The highest BCUT2D eigenvalue weighted by Gasteiger charge is 2.30. The summed E-state index contributed by atoms with van der Waals surface area (Å²) in [5.41, 5.74) is 3.30. The van der Waals surface area contributed by atoms with Crippen molar-refractivity contribution in [3.63, 3.8) is 0 Å². The molecule has 1 heterocycles. The van der Waals surface area contributed by atoms with E-state index < -0.39 is 24.3 Å². The van der Waals surface area contributed by atoms with E-state index in [-0.39, 0.29) is 28.6 Å². The van der Waals surface area contributed by atoms with Crippen LogP contribution in [0.15, 0.2) is 48.5 Å². The van der Waals surface area contributed by atoms with E-state index in [0.29, 0.717) is 6.54 Å². The Morgan fingerprint density at radius 1 is 1.19 bits per heavy atom. The highest BCUT2D eigenvalue weighted by atomic mass is 79.9. The van der Waals surface area contributed by atoms with Crippen LogP contribution in [0, 0.1) is 5.41 Å². The number of hydrogen-bond acceptors (Lipinski definition) is 3. The largest absolute Gasteiger partial charge is 0.484 e. The first-order valence-corrected chi connectivity index (χ1v) is 7.38. The lowest BCUT2D eigenvalue weighted by Crippen LogP contribution is -2.44. The highest BCUT2D eigenvalue weighted by molar-refractivity contribution is 8.93. The molecule has 0 atom stereocenters. The van der Waals surface area contributed by atoms with Crippen LogP contribution in [0.2, 0.25) is 0 Å². The number of amidine groups is 1. The molecule has 0 radical (unpaired) electrons. The Kier molecular flexibility index (Phi) is 5.91. The van der Waals surface area contributed by atoms with Crippen LogP contribution in [0.4, 0.5) is 13.2 Å². The fourth-order valence-corrected chi connectivity index (χ4v) is 2.47. The van der Waals surface area contributed by atoms with Crippen LogP contribution in [0.1, 0.15) is 16.7 Å². The maximum atomic E-state index is 12.6. The predicted molar refractivity (Wildman–Crippen MR) is 94.2 cm³/mol. The number of nitrogens with zero attached hydrogens (tertiary/aromatic N) is 1. The van der Waals surface area contributed by atoms with Gasteiger partial charge >= 0.3 is 6.18 Å². The zero-order chi connectivity index (χ0) is 18.0.